The van der Waals surface area contributed by atoms with E-state index in [0.717, 1.165) is 36.9 Å². The van der Waals surface area contributed by atoms with Gasteiger partial charge < -0.3 is 14.7 Å². The molecule has 0 saturated carbocycles. The number of nitrogens with zero attached hydrogens (tertiary/aromatic N) is 1. The van der Waals surface area contributed by atoms with Crippen molar-refractivity contribution in [2.45, 2.75) is 94.5 Å². The zero-order chi connectivity index (χ0) is 29.7. The molecule has 0 aromatic heterocycles. The fraction of sp³-hybridized carbons (Fsp3) is 0.600. The van der Waals surface area contributed by atoms with Gasteiger partial charge in [-0.1, -0.05) is 65.0 Å². The number of nitrogens with two attached hydrogens (primary N) is 1. The highest BCUT2D eigenvalue weighted by atomic mass is 32.2. The first-order chi connectivity index (χ1) is 18.8. The largest absolute Gasteiger partial charge is 0.473 e. The maximum absolute atomic E-state index is 14.0. The Labute approximate surface area is 240 Å². The van der Waals surface area contributed by atoms with E-state index in [9.17, 15) is 21.9 Å². The Kier molecular flexibility index (Phi) is 10.7. The molecule has 2 aromatic carbocycles. The Bertz CT molecular complexity index is 1330. The van der Waals surface area contributed by atoms with Crippen LogP contribution in [0.5, 0.6) is 5.75 Å². The third-order valence-electron chi connectivity index (χ3n) is 8.05. The van der Waals surface area contributed by atoms with Crippen LogP contribution in [-0.4, -0.2) is 53.3 Å². The number of benzene rings is 2. The highest BCUT2D eigenvalue weighted by molar-refractivity contribution is 7.91. The zero-order valence-electron chi connectivity index (χ0n) is 24.5. The number of aliphatic hydroxyl groups is 1. The molecule has 3 N–H and O–H groups in total. The third kappa shape index (κ3) is 7.19. The van der Waals surface area contributed by atoms with Gasteiger partial charge in [-0.25, -0.2) is 22.0 Å². The first kappa shape index (κ1) is 32.4. The number of sulfonamides is 1. The molecule has 0 radical (unpaired) electrons. The number of unbranched alkanes of at least 4 members (excludes halogenated alkanes) is 2. The molecule has 0 fully saturated rings. The van der Waals surface area contributed by atoms with Gasteiger partial charge in [0.2, 0.25) is 15.5 Å². The van der Waals surface area contributed by atoms with Crippen molar-refractivity contribution >= 4 is 25.5 Å². The standard InChI is InChI=1S/C30H46N2O6S2/c1-6-9-18-30(19-10-7-2)21-39(34,35)26-17-14-23(32(4)5)20-25(26)28(29(30)33)22-12-15-24(16-13-22)38-27(11-8-3)40(31,36)37/h12-17,20,27-29,33H,6-11,18-19,21H2,1-5H3,(H2,31,36,37). The Hall–Kier alpha value is -2.14. The number of primary sulfonamides is 1. The summed E-state index contributed by atoms with van der Waals surface area (Å²) in [6.07, 6.45) is 4.58. The van der Waals surface area contributed by atoms with E-state index in [1.165, 1.54) is 0 Å². The quantitative estimate of drug-likeness (QED) is 0.327. The van der Waals surface area contributed by atoms with E-state index >= 15 is 0 Å². The number of rotatable bonds is 13. The number of anilines is 1. The van der Waals surface area contributed by atoms with Crippen LogP contribution in [0.2, 0.25) is 0 Å². The van der Waals surface area contributed by atoms with Gasteiger partial charge in [-0.05, 0) is 54.3 Å². The van der Waals surface area contributed by atoms with Gasteiger partial charge in [0.05, 0.1) is 16.8 Å². The van der Waals surface area contributed by atoms with E-state index in [1.54, 1.807) is 30.3 Å². The molecular weight excluding hydrogens is 548 g/mol. The van der Waals surface area contributed by atoms with Gasteiger partial charge in [0.1, 0.15) is 5.75 Å². The van der Waals surface area contributed by atoms with Crippen LogP contribution in [0.15, 0.2) is 47.4 Å². The highest BCUT2D eigenvalue weighted by Gasteiger charge is 2.49. The van der Waals surface area contributed by atoms with Crippen LogP contribution >= 0.6 is 0 Å². The highest BCUT2D eigenvalue weighted by Crippen LogP contribution is 2.50. The van der Waals surface area contributed by atoms with E-state index in [2.05, 4.69) is 13.8 Å². The Morgan fingerprint density at radius 1 is 1.02 bits per heavy atom. The second kappa shape index (κ2) is 13.2. The monoisotopic (exact) mass is 594 g/mol. The molecule has 0 saturated heterocycles. The number of aliphatic hydroxyl groups excluding tert-OH is 1. The maximum Gasteiger partial charge on any atom is 0.247 e. The van der Waals surface area contributed by atoms with Crippen molar-refractivity contribution in [2.75, 3.05) is 24.7 Å². The molecule has 0 bridgehead atoms. The minimum atomic E-state index is -3.90. The second-order valence-electron chi connectivity index (χ2n) is 11.4. The fourth-order valence-electron chi connectivity index (χ4n) is 5.82. The van der Waals surface area contributed by atoms with Crippen LogP contribution in [0.3, 0.4) is 0 Å². The van der Waals surface area contributed by atoms with Crippen LogP contribution in [0, 0.1) is 5.41 Å². The molecule has 3 unspecified atom stereocenters. The van der Waals surface area contributed by atoms with E-state index < -0.39 is 42.7 Å². The number of hydrogen-bond acceptors (Lipinski definition) is 7. The molecular formula is C30H46N2O6S2. The summed E-state index contributed by atoms with van der Waals surface area (Å²) >= 11 is 0. The topological polar surface area (TPSA) is 127 Å². The minimum absolute atomic E-state index is 0.0970. The molecule has 3 rings (SSSR count). The lowest BCUT2D eigenvalue weighted by atomic mass is 9.68. The smallest absolute Gasteiger partial charge is 0.247 e. The van der Waals surface area contributed by atoms with Crippen LogP contribution in [0.25, 0.3) is 0 Å². The minimum Gasteiger partial charge on any atom is -0.473 e. The summed E-state index contributed by atoms with van der Waals surface area (Å²) in [7, 11) is -3.80. The normalized spacial score (nSPS) is 20.8. The predicted octanol–water partition coefficient (Wildman–Crippen LogP) is 5.19. The van der Waals surface area contributed by atoms with Crippen LogP contribution < -0.4 is 14.8 Å². The molecule has 2 aromatic rings. The van der Waals surface area contributed by atoms with Crippen molar-refractivity contribution in [3.05, 3.63) is 53.6 Å². The molecule has 1 aliphatic heterocycles. The summed E-state index contributed by atoms with van der Waals surface area (Å²) in [6.45, 7) is 6.01. The SMILES string of the molecule is CCCCC1(CCCC)CS(=O)(=O)c2ccc(N(C)C)cc2C(c2ccc(OC(CCC)S(N)(=O)=O)cc2)C1O. The molecule has 40 heavy (non-hydrogen) atoms. The van der Waals surface area contributed by atoms with Gasteiger partial charge in [0, 0.05) is 37.5 Å². The Balaban J connectivity index is 2.19. The van der Waals surface area contributed by atoms with Crippen molar-refractivity contribution < 1.29 is 26.7 Å². The average molecular weight is 595 g/mol. The molecule has 10 heteroatoms. The molecule has 3 atom stereocenters. The van der Waals surface area contributed by atoms with E-state index in [0.29, 0.717) is 30.6 Å². The number of fused-ring (bicyclic) bond motifs is 1. The van der Waals surface area contributed by atoms with Crippen molar-refractivity contribution in [1.82, 2.24) is 0 Å². The van der Waals surface area contributed by atoms with Gasteiger partial charge in [-0.3, -0.25) is 0 Å². The Morgan fingerprint density at radius 3 is 2.12 bits per heavy atom. The van der Waals surface area contributed by atoms with Gasteiger partial charge in [0.25, 0.3) is 0 Å². The summed E-state index contributed by atoms with van der Waals surface area (Å²) in [6, 6.07) is 12.3. The van der Waals surface area contributed by atoms with Crippen LogP contribution in [-0.2, 0) is 19.9 Å². The fourth-order valence-corrected chi connectivity index (χ4v) is 8.82. The first-order valence-corrected chi connectivity index (χ1v) is 17.6. The second-order valence-corrected chi connectivity index (χ2v) is 15.0. The molecule has 1 aliphatic rings. The number of sulfone groups is 1. The molecule has 0 aliphatic carbocycles. The zero-order valence-corrected chi connectivity index (χ0v) is 26.1. The summed E-state index contributed by atoms with van der Waals surface area (Å²) in [5.74, 6) is -0.350. The predicted molar refractivity (Wildman–Crippen MR) is 161 cm³/mol. The lowest BCUT2D eigenvalue weighted by Gasteiger charge is -2.40. The molecule has 224 valence electrons. The molecule has 8 nitrogen and oxygen atoms in total. The average Bonchev–Trinajstić information content (AvgIpc) is 2.96. The molecule has 0 amide bonds. The van der Waals surface area contributed by atoms with Crippen LogP contribution in [0.4, 0.5) is 5.69 Å². The van der Waals surface area contributed by atoms with Crippen LogP contribution in [0.1, 0.15) is 89.2 Å². The first-order valence-electron chi connectivity index (χ1n) is 14.3. The summed E-state index contributed by atoms with van der Waals surface area (Å²) in [4.78, 5) is 2.18. The van der Waals surface area contributed by atoms with Crippen molar-refractivity contribution in [3.63, 3.8) is 0 Å². The van der Waals surface area contributed by atoms with Gasteiger partial charge in [-0.15, -0.1) is 0 Å². The summed E-state index contributed by atoms with van der Waals surface area (Å²) < 4.78 is 57.7. The van der Waals surface area contributed by atoms with E-state index in [1.807, 2.05) is 38.1 Å². The number of ether oxygens (including phenoxy) is 1. The maximum atomic E-state index is 14.0. The number of hydrogen-bond donors (Lipinski definition) is 2. The third-order valence-corrected chi connectivity index (χ3v) is 11.1. The lowest BCUT2D eigenvalue weighted by molar-refractivity contribution is 0.0127. The molecule has 1 heterocycles. The van der Waals surface area contributed by atoms with Gasteiger partial charge in [-0.2, -0.15) is 0 Å². The van der Waals surface area contributed by atoms with Crippen molar-refractivity contribution in [2.24, 2.45) is 10.6 Å². The van der Waals surface area contributed by atoms with E-state index in [4.69, 9.17) is 9.88 Å². The lowest BCUT2D eigenvalue weighted by Crippen LogP contribution is -2.43. The summed E-state index contributed by atoms with van der Waals surface area (Å²) in [5, 5.41) is 17.6. The van der Waals surface area contributed by atoms with Crippen molar-refractivity contribution in [3.8, 4) is 5.75 Å². The van der Waals surface area contributed by atoms with Gasteiger partial charge in [0.15, 0.2) is 9.84 Å². The summed E-state index contributed by atoms with van der Waals surface area (Å²) in [5.41, 5.74) is 0.207. The van der Waals surface area contributed by atoms with E-state index in [-0.39, 0.29) is 17.1 Å². The van der Waals surface area contributed by atoms with Gasteiger partial charge >= 0.3 is 0 Å². The Morgan fingerprint density at radius 2 is 1.62 bits per heavy atom. The molecule has 0 spiro atoms. The van der Waals surface area contributed by atoms with Crippen molar-refractivity contribution in [1.29, 1.82) is 0 Å².